The summed E-state index contributed by atoms with van der Waals surface area (Å²) >= 11 is 0. The standard InChI is InChI=1S/C8H12FNO/c1-10-8(11)6-4-2-3-5-7(6)9/h2-5H2,1H3,(H,10,11). The lowest BCUT2D eigenvalue weighted by atomic mass is 9.98. The van der Waals surface area contributed by atoms with Crippen LogP contribution in [0.3, 0.4) is 0 Å². The van der Waals surface area contributed by atoms with Crippen molar-refractivity contribution < 1.29 is 9.18 Å². The van der Waals surface area contributed by atoms with Gasteiger partial charge in [-0.05, 0) is 25.7 Å². The molecule has 1 rings (SSSR count). The molecule has 1 N–H and O–H groups in total. The van der Waals surface area contributed by atoms with Crippen molar-refractivity contribution in [2.75, 3.05) is 7.05 Å². The van der Waals surface area contributed by atoms with Gasteiger partial charge in [0.1, 0.15) is 5.83 Å². The Morgan fingerprint density at radius 1 is 1.45 bits per heavy atom. The molecule has 1 aliphatic rings. The van der Waals surface area contributed by atoms with Crippen LogP contribution in [0.15, 0.2) is 11.4 Å². The summed E-state index contributed by atoms with van der Waals surface area (Å²) in [5, 5.41) is 2.43. The largest absolute Gasteiger partial charge is 0.355 e. The number of allylic oxidation sites excluding steroid dienone is 1. The number of nitrogens with one attached hydrogen (secondary N) is 1. The summed E-state index contributed by atoms with van der Waals surface area (Å²) in [6, 6.07) is 0. The molecule has 0 aromatic heterocycles. The Morgan fingerprint density at radius 2 is 2.09 bits per heavy atom. The molecular formula is C8H12FNO. The second-order valence-electron chi connectivity index (χ2n) is 2.67. The van der Waals surface area contributed by atoms with Crippen LogP contribution in [0.1, 0.15) is 25.7 Å². The molecule has 0 atom stereocenters. The third-order valence-corrected chi connectivity index (χ3v) is 1.90. The van der Waals surface area contributed by atoms with E-state index in [4.69, 9.17) is 0 Å². The fraction of sp³-hybridized carbons (Fsp3) is 0.625. The Morgan fingerprint density at radius 3 is 2.64 bits per heavy atom. The lowest BCUT2D eigenvalue weighted by molar-refractivity contribution is -0.117. The molecule has 0 heterocycles. The molecule has 0 radical (unpaired) electrons. The zero-order valence-corrected chi connectivity index (χ0v) is 6.61. The van der Waals surface area contributed by atoms with Crippen LogP contribution in [0.5, 0.6) is 0 Å². The maximum Gasteiger partial charge on any atom is 0.249 e. The molecule has 1 amide bonds. The molecule has 0 bridgehead atoms. The SMILES string of the molecule is CNC(=O)C1=C(F)CCCC1. The van der Waals surface area contributed by atoms with E-state index in [0.29, 0.717) is 18.4 Å². The third-order valence-electron chi connectivity index (χ3n) is 1.90. The molecule has 0 saturated carbocycles. The maximum atomic E-state index is 12.9. The van der Waals surface area contributed by atoms with Gasteiger partial charge in [0.2, 0.25) is 5.91 Å². The average Bonchev–Trinajstić information content (AvgIpc) is 2.04. The van der Waals surface area contributed by atoms with E-state index < -0.39 is 0 Å². The van der Waals surface area contributed by atoms with Gasteiger partial charge in [-0.25, -0.2) is 4.39 Å². The Bertz CT molecular complexity index is 198. The van der Waals surface area contributed by atoms with Crippen molar-refractivity contribution in [1.82, 2.24) is 5.32 Å². The Hall–Kier alpha value is -0.860. The first-order valence-corrected chi connectivity index (χ1v) is 3.85. The fourth-order valence-electron chi connectivity index (χ4n) is 1.26. The maximum absolute atomic E-state index is 12.9. The Labute approximate surface area is 65.5 Å². The van der Waals surface area contributed by atoms with E-state index in [9.17, 15) is 9.18 Å². The first kappa shape index (κ1) is 8.24. The van der Waals surface area contributed by atoms with Crippen LogP contribution in [-0.2, 0) is 4.79 Å². The van der Waals surface area contributed by atoms with E-state index in [-0.39, 0.29) is 11.7 Å². The zero-order chi connectivity index (χ0) is 8.27. The summed E-state index contributed by atoms with van der Waals surface area (Å²) in [5.41, 5.74) is 0.346. The van der Waals surface area contributed by atoms with E-state index in [1.807, 2.05) is 0 Å². The number of halogens is 1. The second kappa shape index (κ2) is 3.51. The number of hydrogen-bond donors (Lipinski definition) is 1. The van der Waals surface area contributed by atoms with Crippen molar-refractivity contribution >= 4 is 5.91 Å². The lowest BCUT2D eigenvalue weighted by Gasteiger charge is -2.12. The average molecular weight is 157 g/mol. The van der Waals surface area contributed by atoms with Gasteiger partial charge in [0.05, 0.1) is 0 Å². The molecule has 0 aromatic rings. The number of carbonyl (C=O) groups excluding carboxylic acids is 1. The molecular weight excluding hydrogens is 145 g/mol. The first-order valence-electron chi connectivity index (χ1n) is 3.85. The summed E-state index contributed by atoms with van der Waals surface area (Å²) < 4.78 is 12.9. The topological polar surface area (TPSA) is 29.1 Å². The van der Waals surface area contributed by atoms with Gasteiger partial charge in [-0.3, -0.25) is 4.79 Å². The van der Waals surface area contributed by atoms with Gasteiger partial charge >= 0.3 is 0 Å². The van der Waals surface area contributed by atoms with E-state index >= 15 is 0 Å². The molecule has 3 heteroatoms. The molecule has 0 saturated heterocycles. The highest BCUT2D eigenvalue weighted by Crippen LogP contribution is 2.25. The van der Waals surface area contributed by atoms with Crippen molar-refractivity contribution in [1.29, 1.82) is 0 Å². The lowest BCUT2D eigenvalue weighted by Crippen LogP contribution is -2.22. The quantitative estimate of drug-likeness (QED) is 0.614. The molecule has 11 heavy (non-hydrogen) atoms. The van der Waals surface area contributed by atoms with E-state index in [2.05, 4.69) is 5.32 Å². The van der Waals surface area contributed by atoms with Gasteiger partial charge in [0.15, 0.2) is 0 Å². The number of likely N-dealkylation sites (N-methyl/N-ethyl adjacent to an activating group) is 1. The fourth-order valence-corrected chi connectivity index (χ4v) is 1.26. The minimum Gasteiger partial charge on any atom is -0.355 e. The van der Waals surface area contributed by atoms with Crippen molar-refractivity contribution in [3.63, 3.8) is 0 Å². The predicted molar refractivity (Wildman–Crippen MR) is 40.7 cm³/mol. The second-order valence-corrected chi connectivity index (χ2v) is 2.67. The number of hydrogen-bond acceptors (Lipinski definition) is 1. The molecule has 2 nitrogen and oxygen atoms in total. The summed E-state index contributed by atoms with van der Waals surface area (Å²) in [6.07, 6.45) is 2.82. The highest BCUT2D eigenvalue weighted by atomic mass is 19.1. The van der Waals surface area contributed by atoms with Crippen LogP contribution in [-0.4, -0.2) is 13.0 Å². The molecule has 0 aliphatic heterocycles. The van der Waals surface area contributed by atoms with Crippen LogP contribution in [0, 0.1) is 0 Å². The minimum atomic E-state index is -0.262. The number of amides is 1. The highest BCUT2D eigenvalue weighted by Gasteiger charge is 2.17. The van der Waals surface area contributed by atoms with E-state index in [1.165, 1.54) is 7.05 Å². The van der Waals surface area contributed by atoms with Crippen molar-refractivity contribution in [2.24, 2.45) is 0 Å². The van der Waals surface area contributed by atoms with Crippen LogP contribution >= 0.6 is 0 Å². The zero-order valence-electron chi connectivity index (χ0n) is 6.61. The summed E-state index contributed by atoms with van der Waals surface area (Å²) in [7, 11) is 1.53. The Balaban J connectivity index is 2.74. The normalized spacial score (nSPS) is 18.4. The van der Waals surface area contributed by atoms with Gasteiger partial charge in [0, 0.05) is 12.6 Å². The van der Waals surface area contributed by atoms with E-state index in [0.717, 1.165) is 12.8 Å². The number of carbonyl (C=O) groups is 1. The summed E-state index contributed by atoms with van der Waals surface area (Å²) in [6.45, 7) is 0. The van der Waals surface area contributed by atoms with Gasteiger partial charge in [0.25, 0.3) is 0 Å². The molecule has 0 spiro atoms. The van der Waals surface area contributed by atoms with Crippen LogP contribution < -0.4 is 5.32 Å². The molecule has 62 valence electrons. The van der Waals surface area contributed by atoms with Crippen LogP contribution in [0.25, 0.3) is 0 Å². The first-order chi connectivity index (χ1) is 5.25. The van der Waals surface area contributed by atoms with Gasteiger partial charge in [-0.2, -0.15) is 0 Å². The summed E-state index contributed by atoms with van der Waals surface area (Å²) in [4.78, 5) is 11.0. The molecule has 1 aliphatic carbocycles. The smallest absolute Gasteiger partial charge is 0.249 e. The van der Waals surface area contributed by atoms with Gasteiger partial charge < -0.3 is 5.32 Å². The monoisotopic (exact) mass is 157 g/mol. The van der Waals surface area contributed by atoms with Gasteiger partial charge in [-0.1, -0.05) is 0 Å². The molecule has 0 fully saturated rings. The van der Waals surface area contributed by atoms with Crippen LogP contribution in [0.4, 0.5) is 4.39 Å². The Kier molecular flexibility index (Phi) is 2.63. The third kappa shape index (κ3) is 1.79. The minimum absolute atomic E-state index is 0.226. The van der Waals surface area contributed by atoms with E-state index in [1.54, 1.807) is 0 Å². The van der Waals surface area contributed by atoms with Crippen molar-refractivity contribution in [3.8, 4) is 0 Å². The molecule has 0 unspecified atom stereocenters. The van der Waals surface area contributed by atoms with Gasteiger partial charge in [-0.15, -0.1) is 0 Å². The number of rotatable bonds is 1. The summed E-state index contributed by atoms with van der Waals surface area (Å²) in [5.74, 6) is -0.488. The van der Waals surface area contributed by atoms with Crippen molar-refractivity contribution in [2.45, 2.75) is 25.7 Å². The highest BCUT2D eigenvalue weighted by molar-refractivity contribution is 5.93. The predicted octanol–water partition coefficient (Wildman–Crippen LogP) is 1.53. The molecule has 0 aromatic carbocycles. The van der Waals surface area contributed by atoms with Crippen LogP contribution in [0.2, 0.25) is 0 Å². The van der Waals surface area contributed by atoms with Crippen molar-refractivity contribution in [3.05, 3.63) is 11.4 Å².